The molecule has 1 amide bonds. The zero-order valence-electron chi connectivity index (χ0n) is 12.8. The summed E-state index contributed by atoms with van der Waals surface area (Å²) < 4.78 is 20.6. The number of tetrazole rings is 1. The highest BCUT2D eigenvalue weighted by Gasteiger charge is 2.16. The molecule has 1 atom stereocenters. The van der Waals surface area contributed by atoms with Crippen molar-refractivity contribution in [2.75, 3.05) is 5.32 Å². The van der Waals surface area contributed by atoms with Gasteiger partial charge in [-0.25, -0.2) is 9.07 Å². The van der Waals surface area contributed by atoms with Crippen LogP contribution in [0.3, 0.4) is 0 Å². The van der Waals surface area contributed by atoms with E-state index in [0.717, 1.165) is 5.69 Å². The van der Waals surface area contributed by atoms with E-state index in [2.05, 4.69) is 20.8 Å². The molecule has 1 N–H and O–H groups in total. The van der Waals surface area contributed by atoms with Crippen molar-refractivity contribution >= 4 is 11.6 Å². The minimum Gasteiger partial charge on any atom is -0.481 e. The Balaban J connectivity index is 1.63. The van der Waals surface area contributed by atoms with Crippen LogP contribution in [0.1, 0.15) is 6.92 Å². The average Bonchev–Trinajstić information content (AvgIpc) is 3.12. The second-order valence-corrected chi connectivity index (χ2v) is 4.98. The summed E-state index contributed by atoms with van der Waals surface area (Å²) in [6.07, 6.45) is 0.684. The van der Waals surface area contributed by atoms with E-state index in [1.807, 2.05) is 0 Å². The second kappa shape index (κ2) is 6.86. The molecule has 0 aliphatic heterocycles. The largest absolute Gasteiger partial charge is 0.481 e. The Labute approximate surface area is 137 Å². The number of benzene rings is 2. The van der Waals surface area contributed by atoms with Crippen LogP contribution in [-0.4, -0.2) is 32.2 Å². The number of hydrogen-bond donors (Lipinski definition) is 1. The van der Waals surface area contributed by atoms with Gasteiger partial charge in [-0.2, -0.15) is 0 Å². The maximum atomic E-state index is 13.5. The number of nitrogens with zero attached hydrogens (tertiary/aromatic N) is 4. The summed E-state index contributed by atoms with van der Waals surface area (Å²) in [7, 11) is 0. The first-order valence-electron chi connectivity index (χ1n) is 7.19. The first-order valence-corrected chi connectivity index (χ1v) is 7.19. The predicted molar refractivity (Wildman–Crippen MR) is 84.3 cm³/mol. The molecular formula is C16H14FN5O2. The van der Waals surface area contributed by atoms with Gasteiger partial charge in [-0.3, -0.25) is 4.79 Å². The Morgan fingerprint density at radius 1 is 1.21 bits per heavy atom. The van der Waals surface area contributed by atoms with Gasteiger partial charge in [0.25, 0.3) is 5.91 Å². The van der Waals surface area contributed by atoms with Crippen LogP contribution >= 0.6 is 0 Å². The normalized spacial score (nSPS) is 11.8. The fraction of sp³-hybridized carbons (Fsp3) is 0.125. The maximum absolute atomic E-state index is 13.5. The Hall–Kier alpha value is -3.29. The summed E-state index contributed by atoms with van der Waals surface area (Å²) >= 11 is 0. The summed E-state index contributed by atoms with van der Waals surface area (Å²) in [4.78, 5) is 12.1. The van der Waals surface area contributed by atoms with Crippen LogP contribution in [0, 0.1) is 5.82 Å². The van der Waals surface area contributed by atoms with Crippen molar-refractivity contribution in [2.24, 2.45) is 0 Å². The average molecular weight is 327 g/mol. The van der Waals surface area contributed by atoms with Crippen LogP contribution in [0.15, 0.2) is 54.9 Å². The van der Waals surface area contributed by atoms with Crippen LogP contribution < -0.4 is 10.1 Å². The van der Waals surface area contributed by atoms with Gasteiger partial charge in [0, 0.05) is 0 Å². The smallest absolute Gasteiger partial charge is 0.265 e. The minimum atomic E-state index is -0.788. The Bertz CT molecular complexity index is 821. The lowest BCUT2D eigenvalue weighted by Gasteiger charge is -2.15. The quantitative estimate of drug-likeness (QED) is 0.777. The van der Waals surface area contributed by atoms with Crippen LogP contribution in [0.5, 0.6) is 5.75 Å². The fourth-order valence-corrected chi connectivity index (χ4v) is 2.01. The van der Waals surface area contributed by atoms with Crippen molar-refractivity contribution < 1.29 is 13.9 Å². The lowest BCUT2D eigenvalue weighted by Crippen LogP contribution is -2.30. The lowest BCUT2D eigenvalue weighted by molar-refractivity contribution is -0.122. The Morgan fingerprint density at radius 3 is 2.62 bits per heavy atom. The van der Waals surface area contributed by atoms with Crippen molar-refractivity contribution in [3.63, 3.8) is 0 Å². The van der Waals surface area contributed by atoms with E-state index in [4.69, 9.17) is 4.74 Å². The van der Waals surface area contributed by atoms with Gasteiger partial charge in [-0.1, -0.05) is 12.1 Å². The first-order chi connectivity index (χ1) is 11.6. The number of halogens is 1. The molecule has 0 saturated heterocycles. The van der Waals surface area contributed by atoms with Gasteiger partial charge in [0.05, 0.1) is 11.4 Å². The van der Waals surface area contributed by atoms with Crippen LogP contribution in [0.25, 0.3) is 5.69 Å². The zero-order chi connectivity index (χ0) is 16.9. The van der Waals surface area contributed by atoms with Crippen molar-refractivity contribution in [3.8, 4) is 11.4 Å². The Kier molecular flexibility index (Phi) is 4.46. The molecule has 8 heteroatoms. The third-order valence-electron chi connectivity index (χ3n) is 3.26. The van der Waals surface area contributed by atoms with Crippen LogP contribution in [0.2, 0.25) is 0 Å². The van der Waals surface area contributed by atoms with Crippen LogP contribution in [0.4, 0.5) is 10.1 Å². The van der Waals surface area contributed by atoms with Gasteiger partial charge < -0.3 is 10.1 Å². The topological polar surface area (TPSA) is 81.9 Å². The molecule has 1 aromatic heterocycles. The van der Waals surface area contributed by atoms with E-state index in [9.17, 15) is 9.18 Å². The molecule has 3 rings (SSSR count). The van der Waals surface area contributed by atoms with Gasteiger partial charge in [0.1, 0.15) is 17.9 Å². The first kappa shape index (κ1) is 15.6. The number of carbonyl (C=O) groups is 1. The number of amides is 1. The minimum absolute atomic E-state index is 0.118. The molecule has 1 unspecified atom stereocenters. The summed E-state index contributed by atoms with van der Waals surface area (Å²) in [6.45, 7) is 1.59. The summed E-state index contributed by atoms with van der Waals surface area (Å²) in [5.74, 6) is -0.434. The summed E-state index contributed by atoms with van der Waals surface area (Å²) in [5, 5.41) is 13.4. The number of rotatable bonds is 5. The monoisotopic (exact) mass is 327 g/mol. The van der Waals surface area contributed by atoms with Gasteiger partial charge in [0.2, 0.25) is 0 Å². The van der Waals surface area contributed by atoms with Gasteiger partial charge >= 0.3 is 0 Å². The lowest BCUT2D eigenvalue weighted by atomic mass is 10.2. The molecule has 2 aromatic carbocycles. The van der Waals surface area contributed by atoms with E-state index in [0.29, 0.717) is 5.75 Å². The molecule has 0 fully saturated rings. The molecule has 122 valence electrons. The molecule has 3 aromatic rings. The van der Waals surface area contributed by atoms with Gasteiger partial charge in [0.15, 0.2) is 6.10 Å². The highest BCUT2D eigenvalue weighted by molar-refractivity contribution is 5.94. The van der Waals surface area contributed by atoms with E-state index in [1.165, 1.54) is 23.1 Å². The van der Waals surface area contributed by atoms with E-state index in [1.54, 1.807) is 43.3 Å². The van der Waals surface area contributed by atoms with Crippen molar-refractivity contribution in [1.82, 2.24) is 20.2 Å². The van der Waals surface area contributed by atoms with Gasteiger partial charge in [-0.05, 0) is 53.7 Å². The SMILES string of the molecule is CC(Oc1ccc(-n2cnnn2)cc1)C(=O)Nc1ccccc1F. The van der Waals surface area contributed by atoms with E-state index in [-0.39, 0.29) is 5.69 Å². The number of nitrogens with one attached hydrogen (secondary N) is 1. The number of aromatic nitrogens is 4. The molecule has 0 aliphatic rings. The number of para-hydroxylation sites is 1. The zero-order valence-corrected chi connectivity index (χ0v) is 12.8. The van der Waals surface area contributed by atoms with Crippen molar-refractivity contribution in [3.05, 3.63) is 60.7 Å². The third kappa shape index (κ3) is 3.54. The fourth-order valence-electron chi connectivity index (χ4n) is 2.01. The molecule has 1 heterocycles. The van der Waals surface area contributed by atoms with Crippen molar-refractivity contribution in [1.29, 1.82) is 0 Å². The molecule has 7 nitrogen and oxygen atoms in total. The Morgan fingerprint density at radius 2 is 1.96 bits per heavy atom. The summed E-state index contributed by atoms with van der Waals surface area (Å²) in [6, 6.07) is 12.9. The maximum Gasteiger partial charge on any atom is 0.265 e. The van der Waals surface area contributed by atoms with Gasteiger partial charge in [-0.15, -0.1) is 5.10 Å². The molecule has 0 bridgehead atoms. The third-order valence-corrected chi connectivity index (χ3v) is 3.26. The van der Waals surface area contributed by atoms with Crippen LogP contribution in [-0.2, 0) is 4.79 Å². The highest BCUT2D eigenvalue weighted by Crippen LogP contribution is 2.17. The molecular weight excluding hydrogens is 313 g/mol. The molecule has 0 aliphatic carbocycles. The second-order valence-electron chi connectivity index (χ2n) is 4.98. The van der Waals surface area contributed by atoms with E-state index >= 15 is 0 Å². The molecule has 0 spiro atoms. The highest BCUT2D eigenvalue weighted by atomic mass is 19.1. The number of hydrogen-bond acceptors (Lipinski definition) is 5. The molecule has 0 saturated carbocycles. The molecule has 24 heavy (non-hydrogen) atoms. The predicted octanol–water partition coefficient (Wildman–Crippen LogP) is 2.21. The van der Waals surface area contributed by atoms with E-state index < -0.39 is 17.8 Å². The molecule has 0 radical (unpaired) electrons. The number of anilines is 1. The standard InChI is InChI=1S/C16H14FN5O2/c1-11(16(23)19-15-5-3-2-4-14(15)17)24-13-8-6-12(7-9-13)22-10-18-20-21-22/h2-11H,1H3,(H,19,23). The van der Waals surface area contributed by atoms with Crippen molar-refractivity contribution in [2.45, 2.75) is 13.0 Å². The number of ether oxygens (including phenoxy) is 1. The summed E-state index contributed by atoms with van der Waals surface area (Å²) in [5.41, 5.74) is 0.878. The number of carbonyl (C=O) groups excluding carboxylic acids is 1.